The van der Waals surface area contributed by atoms with Crippen molar-refractivity contribution in [1.82, 2.24) is 25.1 Å². The maximum Gasteiger partial charge on any atom is 0.329 e. The van der Waals surface area contributed by atoms with Gasteiger partial charge in [-0.1, -0.05) is 25.1 Å². The maximum absolute atomic E-state index is 12.7. The molecule has 8 heteroatoms. The number of fused-ring (bicyclic) bond motifs is 1. The van der Waals surface area contributed by atoms with Crippen molar-refractivity contribution >= 4 is 17.6 Å². The molecule has 0 bridgehead atoms. The third-order valence-corrected chi connectivity index (χ3v) is 5.67. The molecule has 4 heterocycles. The predicted molar refractivity (Wildman–Crippen MR) is 110 cm³/mol. The van der Waals surface area contributed by atoms with Crippen LogP contribution < -0.4 is 10.2 Å². The molecule has 1 aromatic carbocycles. The molecule has 1 saturated heterocycles. The van der Waals surface area contributed by atoms with Gasteiger partial charge in [0, 0.05) is 43.3 Å². The van der Waals surface area contributed by atoms with Gasteiger partial charge in [-0.3, -0.25) is 15.1 Å². The van der Waals surface area contributed by atoms with Gasteiger partial charge in [0.15, 0.2) is 5.82 Å². The summed E-state index contributed by atoms with van der Waals surface area (Å²) >= 11 is 0. The number of rotatable bonds is 4. The number of para-hydroxylation sites is 1. The van der Waals surface area contributed by atoms with Crippen molar-refractivity contribution in [3.05, 3.63) is 66.6 Å². The first-order valence-corrected chi connectivity index (χ1v) is 9.86. The van der Waals surface area contributed by atoms with Gasteiger partial charge in [0.2, 0.25) is 0 Å². The van der Waals surface area contributed by atoms with Gasteiger partial charge in [0.25, 0.3) is 0 Å². The van der Waals surface area contributed by atoms with Crippen LogP contribution in [-0.4, -0.2) is 51.4 Å². The number of benzene rings is 1. The summed E-state index contributed by atoms with van der Waals surface area (Å²) in [6.07, 6.45) is 5.48. The van der Waals surface area contributed by atoms with Gasteiger partial charge >= 0.3 is 6.03 Å². The molecule has 0 saturated carbocycles. The molecule has 2 aromatic rings. The number of amidine groups is 1. The van der Waals surface area contributed by atoms with Crippen LogP contribution in [0.4, 0.5) is 10.5 Å². The van der Waals surface area contributed by atoms with Crippen LogP contribution in [-0.2, 0) is 6.54 Å². The third-order valence-electron chi connectivity index (χ3n) is 5.67. The molecule has 1 fully saturated rings. The summed E-state index contributed by atoms with van der Waals surface area (Å²) in [7, 11) is 0. The molecule has 3 aliphatic rings. The van der Waals surface area contributed by atoms with Gasteiger partial charge in [-0.2, -0.15) is 0 Å². The molecule has 1 N–H and O–H groups in total. The van der Waals surface area contributed by atoms with Crippen molar-refractivity contribution in [1.29, 1.82) is 0 Å². The summed E-state index contributed by atoms with van der Waals surface area (Å²) in [6, 6.07) is 11.7. The fraction of sp³-hybridized carbons (Fsp3) is 0.333. The zero-order chi connectivity index (χ0) is 19.8. The Balaban J connectivity index is 1.34. The second kappa shape index (κ2) is 7.29. The Morgan fingerprint density at radius 3 is 2.69 bits per heavy atom. The number of aromatic nitrogens is 2. The van der Waals surface area contributed by atoms with Crippen molar-refractivity contribution in [3.8, 4) is 0 Å². The number of hydrogen-bond acceptors (Lipinski definition) is 6. The molecule has 2 unspecified atom stereocenters. The number of urea groups is 1. The van der Waals surface area contributed by atoms with E-state index in [1.54, 1.807) is 17.3 Å². The SMILES string of the molecule is CC1CN(Cc2ncccn2)CC1C1=NC2=CN(c3ccccc3)CN2C(=O)N1. The van der Waals surface area contributed by atoms with Crippen molar-refractivity contribution in [2.45, 2.75) is 13.5 Å². The molecule has 148 valence electrons. The van der Waals surface area contributed by atoms with Gasteiger partial charge in [0.05, 0.1) is 6.54 Å². The lowest BCUT2D eigenvalue weighted by molar-refractivity contribution is 0.216. The Hall–Kier alpha value is -3.26. The standard InChI is InChI=1S/C21H23N7O/c1-15-10-26(12-18-22-8-5-9-23-18)11-17(15)20-24-19-13-27(14-28(19)21(29)25-20)16-6-3-2-4-7-16/h2-9,13,15,17H,10-12,14H2,1H3,(H,24,25,29). The summed E-state index contributed by atoms with van der Waals surface area (Å²) in [5, 5.41) is 3.03. The highest BCUT2D eigenvalue weighted by Gasteiger charge is 2.39. The van der Waals surface area contributed by atoms with Gasteiger partial charge in [-0.15, -0.1) is 0 Å². The minimum absolute atomic E-state index is 0.114. The quantitative estimate of drug-likeness (QED) is 0.868. The fourth-order valence-corrected chi connectivity index (χ4v) is 4.18. The number of hydrogen-bond donors (Lipinski definition) is 1. The Morgan fingerprint density at radius 2 is 1.90 bits per heavy atom. The predicted octanol–water partition coefficient (Wildman–Crippen LogP) is 2.24. The van der Waals surface area contributed by atoms with E-state index in [1.165, 1.54) is 0 Å². The second-order valence-corrected chi connectivity index (χ2v) is 7.73. The highest BCUT2D eigenvalue weighted by Crippen LogP contribution is 2.30. The summed E-state index contributed by atoms with van der Waals surface area (Å²) in [5.74, 6) is 2.84. The van der Waals surface area contributed by atoms with Crippen LogP contribution in [0.1, 0.15) is 12.7 Å². The van der Waals surface area contributed by atoms with E-state index in [0.29, 0.717) is 25.0 Å². The van der Waals surface area contributed by atoms with Crippen LogP contribution in [0.25, 0.3) is 0 Å². The van der Waals surface area contributed by atoms with Gasteiger partial charge < -0.3 is 4.90 Å². The summed E-state index contributed by atoms with van der Waals surface area (Å²) in [4.78, 5) is 32.2. The molecule has 1 aromatic heterocycles. The van der Waals surface area contributed by atoms with Crippen molar-refractivity contribution in [2.75, 3.05) is 24.7 Å². The number of carbonyl (C=O) groups excluding carboxylic acids is 1. The van der Waals surface area contributed by atoms with E-state index in [1.807, 2.05) is 47.5 Å². The van der Waals surface area contributed by atoms with E-state index in [-0.39, 0.29) is 11.9 Å². The number of aliphatic imine (C=N–C) groups is 1. The largest absolute Gasteiger partial charge is 0.329 e. The third kappa shape index (κ3) is 3.47. The van der Waals surface area contributed by atoms with Crippen LogP contribution in [0.15, 0.2) is 65.8 Å². The lowest BCUT2D eigenvalue weighted by Crippen LogP contribution is -2.49. The van der Waals surface area contributed by atoms with E-state index in [2.05, 4.69) is 27.1 Å². The molecular formula is C21H23N7O. The molecule has 2 atom stereocenters. The van der Waals surface area contributed by atoms with Crippen LogP contribution in [0.3, 0.4) is 0 Å². The lowest BCUT2D eigenvalue weighted by Gasteiger charge is -2.28. The molecule has 0 spiro atoms. The molecule has 0 aliphatic carbocycles. The molecule has 5 rings (SSSR count). The number of anilines is 1. The molecule has 0 radical (unpaired) electrons. The number of likely N-dealkylation sites (tertiary alicyclic amines) is 1. The van der Waals surface area contributed by atoms with Crippen molar-refractivity contribution in [3.63, 3.8) is 0 Å². The van der Waals surface area contributed by atoms with Gasteiger partial charge in [-0.05, 0) is 24.1 Å². The Morgan fingerprint density at radius 1 is 1.10 bits per heavy atom. The average Bonchev–Trinajstić information content (AvgIpc) is 3.33. The topological polar surface area (TPSA) is 77.0 Å². The maximum atomic E-state index is 12.7. The van der Waals surface area contributed by atoms with Crippen LogP contribution in [0.5, 0.6) is 0 Å². The lowest BCUT2D eigenvalue weighted by atomic mass is 9.96. The molecule has 8 nitrogen and oxygen atoms in total. The zero-order valence-corrected chi connectivity index (χ0v) is 16.3. The van der Waals surface area contributed by atoms with Crippen LogP contribution in [0, 0.1) is 11.8 Å². The summed E-state index contributed by atoms with van der Waals surface area (Å²) in [6.45, 7) is 5.14. The van der Waals surface area contributed by atoms with E-state index in [9.17, 15) is 4.79 Å². The second-order valence-electron chi connectivity index (χ2n) is 7.73. The highest BCUT2D eigenvalue weighted by molar-refractivity contribution is 6.02. The number of amides is 2. The molecule has 2 amide bonds. The zero-order valence-electron chi connectivity index (χ0n) is 16.3. The highest BCUT2D eigenvalue weighted by atomic mass is 16.2. The van der Waals surface area contributed by atoms with Crippen LogP contribution in [0.2, 0.25) is 0 Å². The number of nitrogens with zero attached hydrogens (tertiary/aromatic N) is 6. The Kier molecular flexibility index (Phi) is 4.48. The van der Waals surface area contributed by atoms with E-state index in [4.69, 9.17) is 4.99 Å². The minimum atomic E-state index is -0.114. The molecule has 3 aliphatic heterocycles. The first-order valence-electron chi connectivity index (χ1n) is 9.86. The van der Waals surface area contributed by atoms with Gasteiger partial charge in [-0.25, -0.2) is 19.8 Å². The average molecular weight is 389 g/mol. The molecular weight excluding hydrogens is 366 g/mol. The van der Waals surface area contributed by atoms with Crippen LogP contribution >= 0.6 is 0 Å². The minimum Gasteiger partial charge on any atom is -0.326 e. The Labute approximate surface area is 169 Å². The van der Waals surface area contributed by atoms with E-state index in [0.717, 1.165) is 30.4 Å². The fourth-order valence-electron chi connectivity index (χ4n) is 4.18. The van der Waals surface area contributed by atoms with Crippen molar-refractivity contribution in [2.24, 2.45) is 16.8 Å². The number of carbonyl (C=O) groups is 1. The normalized spacial score (nSPS) is 24.2. The first kappa shape index (κ1) is 17.8. The smallest absolute Gasteiger partial charge is 0.326 e. The monoisotopic (exact) mass is 389 g/mol. The van der Waals surface area contributed by atoms with Crippen molar-refractivity contribution < 1.29 is 4.79 Å². The number of nitrogens with one attached hydrogen (secondary N) is 1. The van der Waals surface area contributed by atoms with E-state index >= 15 is 0 Å². The summed E-state index contributed by atoms with van der Waals surface area (Å²) < 4.78 is 0. The molecule has 29 heavy (non-hydrogen) atoms. The summed E-state index contributed by atoms with van der Waals surface area (Å²) in [5.41, 5.74) is 1.04. The first-order chi connectivity index (χ1) is 14.2. The van der Waals surface area contributed by atoms with E-state index < -0.39 is 0 Å². The Bertz CT molecular complexity index is 960. The van der Waals surface area contributed by atoms with Gasteiger partial charge in [0.1, 0.15) is 18.3 Å².